The molecule has 1 nitrogen and oxygen atoms in total. The molecule has 3 heteroatoms. The van der Waals surface area contributed by atoms with Crippen molar-refractivity contribution in [3.8, 4) is 0 Å². The largest absolute Gasteiger partial charge is 0.294 e. The first-order valence-electron chi connectivity index (χ1n) is 6.28. The molecule has 0 aromatic heterocycles. The molecule has 0 spiro atoms. The summed E-state index contributed by atoms with van der Waals surface area (Å²) in [6.45, 7) is 0. The molecule has 0 amide bonds. The molecule has 0 aliphatic heterocycles. The summed E-state index contributed by atoms with van der Waals surface area (Å²) in [5, 5.41) is 0. The number of halogens is 2. The van der Waals surface area contributed by atoms with Crippen molar-refractivity contribution in [2.24, 2.45) is 0 Å². The summed E-state index contributed by atoms with van der Waals surface area (Å²) in [5.74, 6) is 0.0413. The highest BCUT2D eigenvalue weighted by Crippen LogP contribution is 2.31. The zero-order valence-electron chi connectivity index (χ0n) is 10.7. The maximum absolute atomic E-state index is 12.2. The second-order valence-electron chi connectivity index (χ2n) is 4.36. The molecule has 0 N–H and O–H groups in total. The molecule has 2 atom stereocenters. The van der Waals surface area contributed by atoms with E-state index in [1.165, 1.54) is 0 Å². The first-order valence-corrected chi connectivity index (χ1v) is 8.11. The number of carbonyl (C=O) groups excluding carboxylic acids is 1. The third-order valence-electron chi connectivity index (χ3n) is 2.89. The van der Waals surface area contributed by atoms with Crippen molar-refractivity contribution in [3.63, 3.8) is 0 Å². The molecule has 0 heterocycles. The summed E-state index contributed by atoms with van der Waals surface area (Å²) >= 11 is 7.05. The second-order valence-corrected chi connectivity index (χ2v) is 6.33. The van der Waals surface area contributed by atoms with E-state index < -0.39 is 0 Å². The fourth-order valence-corrected chi connectivity index (χ4v) is 2.81. The van der Waals surface area contributed by atoms with E-state index in [-0.39, 0.29) is 15.4 Å². The first kappa shape index (κ1) is 15.2. The monoisotopic (exact) mass is 392 g/mol. The van der Waals surface area contributed by atoms with Crippen LogP contribution < -0.4 is 0 Å². The smallest absolute Gasteiger partial charge is 0.170 e. The van der Waals surface area contributed by atoms with Crippen molar-refractivity contribution < 1.29 is 4.79 Å². The summed E-state index contributed by atoms with van der Waals surface area (Å²) in [5.41, 5.74) is 2.10. The molecule has 0 saturated heterocycles. The Morgan fingerprint density at radius 1 is 0.900 bits per heavy atom. The van der Waals surface area contributed by atoms with Crippen LogP contribution in [-0.2, 0) is 4.79 Å². The van der Waals surface area contributed by atoms with Gasteiger partial charge in [-0.2, -0.15) is 0 Å². The van der Waals surface area contributed by atoms with Gasteiger partial charge >= 0.3 is 0 Å². The molecule has 0 unspecified atom stereocenters. The molecular weight excluding hydrogens is 380 g/mol. The summed E-state index contributed by atoms with van der Waals surface area (Å²) < 4.78 is 0. The lowest BCUT2D eigenvalue weighted by Gasteiger charge is -2.14. The van der Waals surface area contributed by atoms with E-state index in [0.717, 1.165) is 11.1 Å². The standard InChI is InChI=1S/C17H14Br2O/c18-16(14-9-5-2-6-10-14)17(19)15(20)12-11-13-7-3-1-4-8-13/h1-12,16-17H/b12-11-/t16-,17+/m1/s1. The number of rotatable bonds is 5. The summed E-state index contributed by atoms with van der Waals surface area (Å²) in [7, 11) is 0. The van der Waals surface area contributed by atoms with Crippen molar-refractivity contribution in [3.05, 3.63) is 77.9 Å². The topological polar surface area (TPSA) is 17.1 Å². The van der Waals surface area contributed by atoms with Gasteiger partial charge in [0.1, 0.15) is 0 Å². The molecule has 0 aliphatic carbocycles. The van der Waals surface area contributed by atoms with Crippen molar-refractivity contribution >= 4 is 43.7 Å². The van der Waals surface area contributed by atoms with Crippen molar-refractivity contribution in [2.45, 2.75) is 9.65 Å². The maximum Gasteiger partial charge on any atom is 0.170 e. The van der Waals surface area contributed by atoms with Crippen LogP contribution in [0.15, 0.2) is 66.7 Å². The number of hydrogen-bond acceptors (Lipinski definition) is 1. The lowest BCUT2D eigenvalue weighted by molar-refractivity contribution is -0.113. The third-order valence-corrected chi connectivity index (χ3v) is 5.63. The van der Waals surface area contributed by atoms with Gasteiger partial charge in [0.15, 0.2) is 5.78 Å². The first-order chi connectivity index (χ1) is 9.68. The quantitative estimate of drug-likeness (QED) is 0.505. The van der Waals surface area contributed by atoms with Crippen LogP contribution in [0.3, 0.4) is 0 Å². The Hall–Kier alpha value is -1.19. The maximum atomic E-state index is 12.2. The highest BCUT2D eigenvalue weighted by atomic mass is 79.9. The van der Waals surface area contributed by atoms with Crippen molar-refractivity contribution in [1.29, 1.82) is 0 Å². The zero-order valence-corrected chi connectivity index (χ0v) is 13.9. The van der Waals surface area contributed by atoms with E-state index in [2.05, 4.69) is 31.9 Å². The number of carbonyl (C=O) groups is 1. The molecule has 2 rings (SSSR count). The lowest BCUT2D eigenvalue weighted by Crippen LogP contribution is -2.16. The van der Waals surface area contributed by atoms with E-state index >= 15 is 0 Å². The van der Waals surface area contributed by atoms with Gasteiger partial charge in [0.2, 0.25) is 0 Å². The SMILES string of the molecule is O=C(/C=C\c1ccccc1)[C@H](Br)[C@H](Br)c1ccccc1. The highest BCUT2D eigenvalue weighted by molar-refractivity contribution is 9.12. The fourth-order valence-electron chi connectivity index (χ4n) is 1.78. The van der Waals surface area contributed by atoms with Gasteiger partial charge in [-0.15, -0.1) is 0 Å². The van der Waals surface area contributed by atoms with Gasteiger partial charge in [0.25, 0.3) is 0 Å². The number of allylic oxidation sites excluding steroid dienone is 1. The minimum atomic E-state index is -0.287. The van der Waals surface area contributed by atoms with Gasteiger partial charge in [-0.05, 0) is 17.2 Å². The molecule has 2 aromatic carbocycles. The molecular formula is C17H14Br2O. The molecule has 20 heavy (non-hydrogen) atoms. The van der Waals surface area contributed by atoms with E-state index in [9.17, 15) is 4.79 Å². The minimum Gasteiger partial charge on any atom is -0.294 e. The fraction of sp³-hybridized carbons (Fsp3) is 0.118. The average molecular weight is 394 g/mol. The Balaban J connectivity index is 2.04. The predicted molar refractivity (Wildman–Crippen MR) is 91.3 cm³/mol. The Morgan fingerprint density at radius 2 is 1.45 bits per heavy atom. The van der Waals surface area contributed by atoms with E-state index in [0.29, 0.717) is 0 Å². The van der Waals surface area contributed by atoms with E-state index in [1.54, 1.807) is 6.08 Å². The van der Waals surface area contributed by atoms with E-state index in [1.807, 2.05) is 66.7 Å². The normalized spacial score (nSPS) is 14.1. The second kappa shape index (κ2) is 7.55. The Morgan fingerprint density at radius 3 is 2.05 bits per heavy atom. The van der Waals surface area contributed by atoms with Gasteiger partial charge in [-0.25, -0.2) is 0 Å². The van der Waals surface area contributed by atoms with E-state index in [4.69, 9.17) is 0 Å². The van der Waals surface area contributed by atoms with Gasteiger partial charge < -0.3 is 0 Å². The predicted octanol–water partition coefficient (Wildman–Crippen LogP) is 5.17. The number of hydrogen-bond donors (Lipinski definition) is 0. The lowest BCUT2D eigenvalue weighted by atomic mass is 10.1. The Kier molecular flexibility index (Phi) is 5.74. The van der Waals surface area contributed by atoms with Gasteiger partial charge in [-0.1, -0.05) is 98.6 Å². The van der Waals surface area contributed by atoms with Gasteiger partial charge in [0, 0.05) is 0 Å². The number of benzene rings is 2. The molecule has 0 radical (unpaired) electrons. The zero-order chi connectivity index (χ0) is 14.4. The van der Waals surface area contributed by atoms with Crippen LogP contribution in [-0.4, -0.2) is 10.6 Å². The molecule has 2 aromatic rings. The van der Waals surface area contributed by atoms with Crippen LogP contribution in [0, 0.1) is 0 Å². The van der Waals surface area contributed by atoms with Crippen LogP contribution in [0.2, 0.25) is 0 Å². The third kappa shape index (κ3) is 4.15. The molecule has 102 valence electrons. The molecule has 0 fully saturated rings. The van der Waals surface area contributed by atoms with Crippen LogP contribution >= 0.6 is 31.9 Å². The van der Waals surface area contributed by atoms with Gasteiger partial charge in [0.05, 0.1) is 9.65 Å². The summed E-state index contributed by atoms with van der Waals surface area (Å²) in [4.78, 5) is 11.8. The average Bonchev–Trinajstić information content (AvgIpc) is 2.53. The van der Waals surface area contributed by atoms with Crippen molar-refractivity contribution in [2.75, 3.05) is 0 Å². The number of alkyl halides is 2. The Bertz CT molecular complexity index is 578. The molecule has 0 aliphatic rings. The van der Waals surface area contributed by atoms with Crippen LogP contribution in [0.4, 0.5) is 0 Å². The molecule has 0 saturated carbocycles. The molecule has 0 bridgehead atoms. The highest BCUT2D eigenvalue weighted by Gasteiger charge is 2.22. The minimum absolute atomic E-state index is 0.0413. The van der Waals surface area contributed by atoms with Crippen LogP contribution in [0.1, 0.15) is 16.0 Å². The summed E-state index contributed by atoms with van der Waals surface area (Å²) in [6, 6.07) is 19.7. The van der Waals surface area contributed by atoms with Gasteiger partial charge in [-0.3, -0.25) is 4.79 Å². The van der Waals surface area contributed by atoms with Crippen LogP contribution in [0.25, 0.3) is 6.08 Å². The van der Waals surface area contributed by atoms with Crippen LogP contribution in [0.5, 0.6) is 0 Å². The van der Waals surface area contributed by atoms with Crippen molar-refractivity contribution in [1.82, 2.24) is 0 Å². The summed E-state index contributed by atoms with van der Waals surface area (Å²) in [6.07, 6.45) is 3.45. The number of ketones is 1. The Labute approximate surface area is 136 Å².